The number of carbonyl (C=O) groups is 1. The summed E-state index contributed by atoms with van der Waals surface area (Å²) in [6, 6.07) is 5.51. The van der Waals surface area contributed by atoms with E-state index < -0.39 is 12.7 Å². The Kier molecular flexibility index (Phi) is 7.04. The minimum absolute atomic E-state index is 0.0590. The number of ether oxygens (including phenoxy) is 1. The van der Waals surface area contributed by atoms with Crippen LogP contribution in [0.4, 0.5) is 14.5 Å². The third-order valence-corrected chi connectivity index (χ3v) is 3.08. The lowest BCUT2D eigenvalue weighted by Crippen LogP contribution is -2.43. The first-order valence-corrected chi connectivity index (χ1v) is 6.69. The maximum absolute atomic E-state index is 12.3. The van der Waals surface area contributed by atoms with E-state index in [1.807, 2.05) is 6.92 Å². The molecule has 0 heterocycles. The summed E-state index contributed by atoms with van der Waals surface area (Å²) in [4.78, 5) is 13.9. The molecule has 0 saturated heterocycles. The molecule has 1 unspecified atom stereocenters. The van der Waals surface area contributed by atoms with Crippen molar-refractivity contribution in [1.29, 1.82) is 0 Å². The van der Waals surface area contributed by atoms with E-state index in [1.165, 1.54) is 12.1 Å². The molecule has 1 atom stereocenters. The molecule has 118 valence electrons. The van der Waals surface area contributed by atoms with Gasteiger partial charge in [0, 0.05) is 6.54 Å². The van der Waals surface area contributed by atoms with Crippen LogP contribution in [0.25, 0.3) is 0 Å². The Morgan fingerprint density at radius 2 is 2.10 bits per heavy atom. The van der Waals surface area contributed by atoms with Gasteiger partial charge in [-0.15, -0.1) is 0 Å². The first-order chi connectivity index (χ1) is 9.99. The van der Waals surface area contributed by atoms with Gasteiger partial charge in [0.25, 0.3) is 0 Å². The van der Waals surface area contributed by atoms with Crippen LogP contribution < -0.4 is 10.1 Å². The molecule has 0 spiro atoms. The summed E-state index contributed by atoms with van der Waals surface area (Å²) in [6.07, 6.45) is 0. The average molecular weight is 302 g/mol. The number of anilines is 1. The van der Waals surface area contributed by atoms with Crippen LogP contribution in [0, 0.1) is 0 Å². The van der Waals surface area contributed by atoms with E-state index in [0.717, 1.165) is 0 Å². The number of rotatable bonds is 8. The fraction of sp³-hybridized carbons (Fsp3) is 0.500. The highest BCUT2D eigenvalue weighted by Gasteiger charge is 2.21. The molecular weight excluding hydrogens is 282 g/mol. The normalized spacial score (nSPS) is 12.5. The van der Waals surface area contributed by atoms with Crippen LogP contribution >= 0.6 is 0 Å². The number of carbonyl (C=O) groups excluding carboxylic acids is 1. The van der Waals surface area contributed by atoms with Gasteiger partial charge in [0.1, 0.15) is 5.75 Å². The second-order valence-corrected chi connectivity index (χ2v) is 4.39. The van der Waals surface area contributed by atoms with Crippen molar-refractivity contribution in [2.75, 3.05) is 25.0 Å². The largest absolute Gasteiger partial charge is 0.433 e. The number of aliphatic hydroxyl groups excluding tert-OH is 1. The van der Waals surface area contributed by atoms with Crippen LogP contribution in [0.1, 0.15) is 13.8 Å². The second kappa shape index (κ2) is 8.53. The van der Waals surface area contributed by atoms with Gasteiger partial charge < -0.3 is 15.2 Å². The lowest BCUT2D eigenvalue weighted by molar-refractivity contribution is -0.120. The van der Waals surface area contributed by atoms with Crippen molar-refractivity contribution in [2.45, 2.75) is 26.5 Å². The molecular formula is C14H20F2N2O3. The summed E-state index contributed by atoms with van der Waals surface area (Å²) in [6.45, 7) is 1.49. The minimum Gasteiger partial charge on any atom is -0.433 e. The van der Waals surface area contributed by atoms with Crippen LogP contribution in [0.15, 0.2) is 24.3 Å². The summed E-state index contributed by atoms with van der Waals surface area (Å²) in [5, 5.41) is 11.5. The molecule has 0 aliphatic heterocycles. The maximum atomic E-state index is 12.3. The number of para-hydroxylation sites is 2. The van der Waals surface area contributed by atoms with Crippen molar-refractivity contribution in [1.82, 2.24) is 4.90 Å². The molecule has 7 heteroatoms. The minimum atomic E-state index is -2.96. The summed E-state index contributed by atoms with van der Waals surface area (Å²) in [5.74, 6) is -0.436. The lowest BCUT2D eigenvalue weighted by Gasteiger charge is -2.26. The Balaban J connectivity index is 2.78. The highest BCUT2D eigenvalue weighted by Crippen LogP contribution is 2.25. The third-order valence-electron chi connectivity index (χ3n) is 3.08. The van der Waals surface area contributed by atoms with E-state index >= 15 is 0 Å². The van der Waals surface area contributed by atoms with Crippen molar-refractivity contribution in [3.05, 3.63) is 24.3 Å². The molecule has 1 rings (SSSR count). The van der Waals surface area contributed by atoms with Gasteiger partial charge >= 0.3 is 6.61 Å². The zero-order chi connectivity index (χ0) is 15.8. The van der Waals surface area contributed by atoms with Gasteiger partial charge in [0.15, 0.2) is 0 Å². The molecule has 0 aromatic heterocycles. The van der Waals surface area contributed by atoms with Crippen molar-refractivity contribution >= 4 is 11.6 Å². The average Bonchev–Trinajstić information content (AvgIpc) is 2.45. The third kappa shape index (κ3) is 5.28. The first-order valence-electron chi connectivity index (χ1n) is 6.69. The van der Waals surface area contributed by atoms with Crippen LogP contribution in [0.3, 0.4) is 0 Å². The number of benzene rings is 1. The molecule has 5 nitrogen and oxygen atoms in total. The Morgan fingerprint density at radius 3 is 2.67 bits per heavy atom. The molecule has 1 aromatic rings. The number of hydrogen-bond donors (Lipinski definition) is 2. The zero-order valence-electron chi connectivity index (χ0n) is 12.1. The summed E-state index contributed by atoms with van der Waals surface area (Å²) in [7, 11) is 0. The van der Waals surface area contributed by atoms with E-state index in [0.29, 0.717) is 13.1 Å². The fourth-order valence-electron chi connectivity index (χ4n) is 1.93. The molecule has 0 fully saturated rings. The van der Waals surface area contributed by atoms with E-state index in [-0.39, 0.29) is 24.0 Å². The molecule has 1 aromatic carbocycles. The Bertz CT molecular complexity index is 458. The predicted molar refractivity (Wildman–Crippen MR) is 75.5 cm³/mol. The second-order valence-electron chi connectivity index (χ2n) is 4.39. The van der Waals surface area contributed by atoms with Gasteiger partial charge in [-0.3, -0.25) is 9.69 Å². The van der Waals surface area contributed by atoms with Crippen LogP contribution in [0.2, 0.25) is 0 Å². The number of alkyl halides is 2. The smallest absolute Gasteiger partial charge is 0.387 e. The molecule has 0 bridgehead atoms. The van der Waals surface area contributed by atoms with E-state index in [2.05, 4.69) is 10.1 Å². The maximum Gasteiger partial charge on any atom is 0.387 e. The highest BCUT2D eigenvalue weighted by atomic mass is 19.3. The predicted octanol–water partition coefficient (Wildman–Crippen LogP) is 1.93. The van der Waals surface area contributed by atoms with Gasteiger partial charge in [-0.1, -0.05) is 19.1 Å². The SMILES string of the molecule is CCN(CCO)C(C)C(=O)Nc1ccccc1OC(F)F. The van der Waals surface area contributed by atoms with Gasteiger partial charge in [0.05, 0.1) is 18.3 Å². The van der Waals surface area contributed by atoms with Crippen molar-refractivity contribution in [2.24, 2.45) is 0 Å². The molecule has 0 aliphatic rings. The molecule has 0 saturated carbocycles. The number of hydrogen-bond acceptors (Lipinski definition) is 4. The Labute approximate surface area is 122 Å². The number of amides is 1. The molecule has 21 heavy (non-hydrogen) atoms. The molecule has 0 radical (unpaired) electrons. The summed E-state index contributed by atoms with van der Waals surface area (Å²) < 4.78 is 29.0. The molecule has 0 aliphatic carbocycles. The quantitative estimate of drug-likeness (QED) is 0.770. The number of aliphatic hydroxyl groups is 1. The Morgan fingerprint density at radius 1 is 1.43 bits per heavy atom. The van der Waals surface area contributed by atoms with Crippen molar-refractivity contribution in [3.8, 4) is 5.75 Å². The summed E-state index contributed by atoms with van der Waals surface area (Å²) in [5.41, 5.74) is 0.190. The Hall–Kier alpha value is -1.73. The first kappa shape index (κ1) is 17.3. The summed E-state index contributed by atoms with van der Waals surface area (Å²) >= 11 is 0. The van der Waals surface area contributed by atoms with Gasteiger partial charge in [-0.05, 0) is 25.6 Å². The van der Waals surface area contributed by atoms with E-state index in [9.17, 15) is 13.6 Å². The van der Waals surface area contributed by atoms with Gasteiger partial charge in [-0.2, -0.15) is 8.78 Å². The van der Waals surface area contributed by atoms with Crippen molar-refractivity contribution in [3.63, 3.8) is 0 Å². The number of nitrogens with zero attached hydrogens (tertiary/aromatic N) is 1. The number of halogens is 2. The van der Waals surface area contributed by atoms with Crippen LogP contribution in [-0.4, -0.2) is 48.3 Å². The van der Waals surface area contributed by atoms with Gasteiger partial charge in [0.2, 0.25) is 5.91 Å². The number of nitrogens with one attached hydrogen (secondary N) is 1. The van der Waals surface area contributed by atoms with E-state index in [4.69, 9.17) is 5.11 Å². The number of likely N-dealkylation sites (N-methyl/N-ethyl adjacent to an activating group) is 1. The van der Waals surface area contributed by atoms with Crippen LogP contribution in [0.5, 0.6) is 5.75 Å². The topological polar surface area (TPSA) is 61.8 Å². The van der Waals surface area contributed by atoms with E-state index in [1.54, 1.807) is 24.0 Å². The highest BCUT2D eigenvalue weighted by molar-refractivity contribution is 5.95. The molecule has 1 amide bonds. The van der Waals surface area contributed by atoms with Gasteiger partial charge in [-0.25, -0.2) is 0 Å². The lowest BCUT2D eigenvalue weighted by atomic mass is 10.2. The fourth-order valence-corrected chi connectivity index (χ4v) is 1.93. The van der Waals surface area contributed by atoms with Crippen molar-refractivity contribution < 1.29 is 23.4 Å². The zero-order valence-corrected chi connectivity index (χ0v) is 12.1. The van der Waals surface area contributed by atoms with Crippen LogP contribution in [-0.2, 0) is 4.79 Å². The standard InChI is InChI=1S/C14H20F2N2O3/c1-3-18(8-9-19)10(2)13(20)17-11-6-4-5-7-12(11)21-14(15)16/h4-7,10,14,19H,3,8-9H2,1-2H3,(H,17,20). The monoisotopic (exact) mass is 302 g/mol. The molecule has 2 N–H and O–H groups in total.